The molecule has 5 heteroatoms. The number of carbonyl (C=O) groups excluding carboxylic acids is 1. The first kappa shape index (κ1) is 15.5. The Balaban J connectivity index is 2.30. The highest BCUT2D eigenvalue weighted by molar-refractivity contribution is 9.10. The molecule has 0 heterocycles. The Morgan fingerprint density at radius 1 is 1.44 bits per heavy atom. The van der Waals surface area contributed by atoms with E-state index in [1.807, 2.05) is 12.1 Å². The molecule has 0 amide bonds. The van der Waals surface area contributed by atoms with Gasteiger partial charge in [0.2, 0.25) is 0 Å². The third kappa shape index (κ3) is 5.00. The maximum absolute atomic E-state index is 11.4. The van der Waals surface area contributed by atoms with Gasteiger partial charge in [0, 0.05) is 9.37 Å². The van der Waals surface area contributed by atoms with Gasteiger partial charge in [0.15, 0.2) is 0 Å². The van der Waals surface area contributed by atoms with Gasteiger partial charge in [0.05, 0.1) is 7.11 Å². The van der Waals surface area contributed by atoms with E-state index in [9.17, 15) is 4.79 Å². The Hall–Kier alpha value is -0.520. The topological polar surface area (TPSA) is 52.3 Å². The Morgan fingerprint density at radius 2 is 2.06 bits per heavy atom. The molecule has 0 aromatic heterocycles. The van der Waals surface area contributed by atoms with Crippen LogP contribution in [0.1, 0.15) is 19.8 Å². The Bertz CT molecular complexity index is 392. The van der Waals surface area contributed by atoms with Crippen LogP contribution in [-0.2, 0) is 9.53 Å². The lowest BCUT2D eigenvalue weighted by Crippen LogP contribution is -2.45. The van der Waals surface area contributed by atoms with Crippen molar-refractivity contribution in [2.45, 2.75) is 30.2 Å². The van der Waals surface area contributed by atoms with Gasteiger partial charge in [-0.1, -0.05) is 15.9 Å². The number of esters is 1. The smallest absolute Gasteiger partial charge is 0.325 e. The predicted octanol–water partition coefficient (Wildman–Crippen LogP) is 3.21. The molecule has 0 aliphatic carbocycles. The number of methoxy groups -OCH3 is 1. The van der Waals surface area contributed by atoms with Crippen molar-refractivity contribution in [2.75, 3.05) is 12.9 Å². The van der Waals surface area contributed by atoms with Gasteiger partial charge in [0.1, 0.15) is 5.54 Å². The molecule has 1 rings (SSSR count). The van der Waals surface area contributed by atoms with Crippen LogP contribution in [0.2, 0.25) is 0 Å². The summed E-state index contributed by atoms with van der Waals surface area (Å²) < 4.78 is 5.74. The molecule has 0 bridgehead atoms. The molecule has 2 N–H and O–H groups in total. The highest BCUT2D eigenvalue weighted by Crippen LogP contribution is 2.23. The van der Waals surface area contributed by atoms with E-state index in [4.69, 9.17) is 5.73 Å². The molecular formula is C13H18BrNO2S. The summed E-state index contributed by atoms with van der Waals surface area (Å²) in [5.41, 5.74) is 5.00. The molecule has 1 aromatic rings. The predicted molar refractivity (Wildman–Crippen MR) is 78.7 cm³/mol. The van der Waals surface area contributed by atoms with E-state index >= 15 is 0 Å². The molecule has 3 nitrogen and oxygen atoms in total. The second-order valence-corrected chi connectivity index (χ2v) is 6.40. The quantitative estimate of drug-likeness (QED) is 0.494. The van der Waals surface area contributed by atoms with E-state index in [0.717, 1.165) is 16.6 Å². The Labute approximate surface area is 121 Å². The minimum atomic E-state index is -0.880. The molecule has 0 radical (unpaired) electrons. The molecular weight excluding hydrogens is 314 g/mol. The average molecular weight is 332 g/mol. The molecule has 1 aromatic carbocycles. The molecule has 18 heavy (non-hydrogen) atoms. The van der Waals surface area contributed by atoms with Gasteiger partial charge in [-0.2, -0.15) is 0 Å². The lowest BCUT2D eigenvalue weighted by Gasteiger charge is -2.20. The lowest BCUT2D eigenvalue weighted by atomic mass is 9.98. The highest BCUT2D eigenvalue weighted by atomic mass is 79.9. The van der Waals surface area contributed by atoms with Crippen LogP contribution in [0.5, 0.6) is 0 Å². The monoisotopic (exact) mass is 331 g/mol. The van der Waals surface area contributed by atoms with E-state index in [1.54, 1.807) is 18.7 Å². The van der Waals surface area contributed by atoms with Gasteiger partial charge < -0.3 is 10.5 Å². The van der Waals surface area contributed by atoms with Crippen LogP contribution in [0.25, 0.3) is 0 Å². The Kier molecular flexibility index (Phi) is 6.18. The van der Waals surface area contributed by atoms with Crippen molar-refractivity contribution < 1.29 is 9.53 Å². The number of nitrogens with two attached hydrogens (primary N) is 1. The van der Waals surface area contributed by atoms with Crippen LogP contribution in [0, 0.1) is 0 Å². The molecule has 0 aliphatic rings. The van der Waals surface area contributed by atoms with Crippen molar-refractivity contribution >= 4 is 33.7 Å². The third-order valence-electron chi connectivity index (χ3n) is 2.57. The first-order valence-electron chi connectivity index (χ1n) is 5.71. The van der Waals surface area contributed by atoms with Crippen molar-refractivity contribution in [2.24, 2.45) is 5.73 Å². The molecule has 0 fully saturated rings. The van der Waals surface area contributed by atoms with Gasteiger partial charge in [-0.05, 0) is 49.8 Å². The zero-order valence-electron chi connectivity index (χ0n) is 10.6. The van der Waals surface area contributed by atoms with Gasteiger partial charge in [-0.25, -0.2) is 0 Å². The van der Waals surface area contributed by atoms with Gasteiger partial charge in [-0.3, -0.25) is 4.79 Å². The van der Waals surface area contributed by atoms with E-state index in [1.165, 1.54) is 12.0 Å². The fourth-order valence-electron chi connectivity index (χ4n) is 1.50. The SMILES string of the molecule is COC(=O)C(C)(N)CCCSc1ccc(Br)cc1. The standard InChI is InChI=1S/C13H18BrNO2S/c1-13(15,12(16)17-2)8-3-9-18-11-6-4-10(14)5-7-11/h4-7H,3,8-9,15H2,1-2H3. The van der Waals surface area contributed by atoms with Crippen LogP contribution in [0.15, 0.2) is 33.6 Å². The molecule has 1 unspecified atom stereocenters. The van der Waals surface area contributed by atoms with E-state index in [2.05, 4.69) is 32.8 Å². The maximum atomic E-state index is 11.4. The normalized spacial score (nSPS) is 14.0. The van der Waals surface area contributed by atoms with Crippen molar-refractivity contribution in [3.05, 3.63) is 28.7 Å². The summed E-state index contributed by atoms with van der Waals surface area (Å²) in [5, 5.41) is 0. The summed E-state index contributed by atoms with van der Waals surface area (Å²) in [5.74, 6) is 0.585. The second-order valence-electron chi connectivity index (χ2n) is 4.31. The zero-order chi connectivity index (χ0) is 13.6. The van der Waals surface area contributed by atoms with E-state index in [-0.39, 0.29) is 5.97 Å². The number of hydrogen-bond acceptors (Lipinski definition) is 4. The lowest BCUT2D eigenvalue weighted by molar-refractivity contribution is -0.146. The molecule has 0 saturated heterocycles. The summed E-state index contributed by atoms with van der Waals surface area (Å²) >= 11 is 5.16. The molecule has 0 saturated carbocycles. The number of benzene rings is 1. The number of carbonyl (C=O) groups is 1. The molecule has 1 atom stereocenters. The molecule has 0 spiro atoms. The summed E-state index contributed by atoms with van der Waals surface area (Å²) in [6, 6.07) is 8.17. The third-order valence-corrected chi connectivity index (χ3v) is 4.20. The first-order valence-corrected chi connectivity index (χ1v) is 7.49. The second kappa shape index (κ2) is 7.16. The van der Waals surface area contributed by atoms with Crippen LogP contribution in [0.4, 0.5) is 0 Å². The van der Waals surface area contributed by atoms with Crippen molar-refractivity contribution in [1.29, 1.82) is 0 Å². The number of ether oxygens (including phenoxy) is 1. The van der Waals surface area contributed by atoms with Crippen molar-refractivity contribution in [1.82, 2.24) is 0 Å². The highest BCUT2D eigenvalue weighted by Gasteiger charge is 2.28. The molecule has 0 aliphatic heterocycles. The number of hydrogen-bond donors (Lipinski definition) is 1. The summed E-state index contributed by atoms with van der Waals surface area (Å²) in [6.45, 7) is 1.71. The maximum Gasteiger partial charge on any atom is 0.325 e. The Morgan fingerprint density at radius 3 is 2.61 bits per heavy atom. The van der Waals surface area contributed by atoms with E-state index in [0.29, 0.717) is 6.42 Å². The number of thioether (sulfide) groups is 1. The van der Waals surface area contributed by atoms with Gasteiger partial charge >= 0.3 is 5.97 Å². The summed E-state index contributed by atoms with van der Waals surface area (Å²) in [7, 11) is 1.37. The van der Waals surface area contributed by atoms with Crippen LogP contribution in [0.3, 0.4) is 0 Å². The summed E-state index contributed by atoms with van der Waals surface area (Å²) in [4.78, 5) is 12.6. The van der Waals surface area contributed by atoms with Crippen LogP contribution in [-0.4, -0.2) is 24.4 Å². The van der Waals surface area contributed by atoms with Gasteiger partial charge in [0.25, 0.3) is 0 Å². The minimum Gasteiger partial charge on any atom is -0.468 e. The van der Waals surface area contributed by atoms with Gasteiger partial charge in [-0.15, -0.1) is 11.8 Å². The molecule has 100 valence electrons. The average Bonchev–Trinajstić information content (AvgIpc) is 2.35. The largest absolute Gasteiger partial charge is 0.468 e. The number of halogens is 1. The zero-order valence-corrected chi connectivity index (χ0v) is 13.0. The minimum absolute atomic E-state index is 0.351. The fraction of sp³-hybridized carbons (Fsp3) is 0.462. The van der Waals surface area contributed by atoms with Crippen molar-refractivity contribution in [3.63, 3.8) is 0 Å². The fourth-order valence-corrected chi connectivity index (χ4v) is 2.61. The van der Waals surface area contributed by atoms with Crippen LogP contribution >= 0.6 is 27.7 Å². The first-order chi connectivity index (χ1) is 8.45. The number of rotatable bonds is 6. The van der Waals surface area contributed by atoms with Crippen LogP contribution < -0.4 is 5.73 Å². The van der Waals surface area contributed by atoms with E-state index < -0.39 is 5.54 Å². The van der Waals surface area contributed by atoms with Crippen molar-refractivity contribution in [3.8, 4) is 0 Å². The summed E-state index contributed by atoms with van der Waals surface area (Å²) in [6.07, 6.45) is 1.51.